The minimum atomic E-state index is -5.14. The van der Waals surface area contributed by atoms with Crippen LogP contribution in [0.25, 0.3) is 0 Å². The molecule has 0 heterocycles. The zero-order chi connectivity index (χ0) is 14.8. The second-order valence-corrected chi connectivity index (χ2v) is 3.93. The summed E-state index contributed by atoms with van der Waals surface area (Å²) in [6, 6.07) is 1.97. The molecule has 104 valence electrons. The van der Waals surface area contributed by atoms with Gasteiger partial charge < -0.3 is 5.32 Å². The molecule has 9 heteroatoms. The maximum absolute atomic E-state index is 12.1. The highest BCUT2D eigenvalue weighted by Crippen LogP contribution is 2.32. The second kappa shape index (κ2) is 5.43. The van der Waals surface area contributed by atoms with Gasteiger partial charge >= 0.3 is 12.1 Å². The van der Waals surface area contributed by atoms with Gasteiger partial charge in [0.25, 0.3) is 5.69 Å². The topological polar surface area (TPSA) is 72.2 Å². The highest BCUT2D eigenvalue weighted by atomic mass is 35.5. The molecule has 0 unspecified atom stereocenters. The fourth-order valence-corrected chi connectivity index (χ4v) is 1.62. The van der Waals surface area contributed by atoms with E-state index in [1.807, 2.05) is 0 Å². The standard InChI is InChI=1S/C10H8ClF3N2O3/c1-2-5-3-8(16(18)19)7(4-6(5)11)15-9(17)10(12,13)14/h3-4H,2H2,1H3,(H,15,17). The van der Waals surface area contributed by atoms with E-state index in [2.05, 4.69) is 0 Å². The number of nitrogens with zero attached hydrogens (tertiary/aromatic N) is 1. The molecular formula is C10H8ClF3N2O3. The number of aryl methyl sites for hydroxylation is 1. The number of carbonyl (C=O) groups excluding carboxylic acids is 1. The summed E-state index contributed by atoms with van der Waals surface area (Å²) in [4.78, 5) is 20.6. The van der Waals surface area contributed by atoms with Gasteiger partial charge in [-0.2, -0.15) is 13.2 Å². The van der Waals surface area contributed by atoms with Crippen molar-refractivity contribution in [1.82, 2.24) is 0 Å². The van der Waals surface area contributed by atoms with Crippen molar-refractivity contribution in [2.24, 2.45) is 0 Å². The van der Waals surface area contributed by atoms with E-state index in [1.165, 1.54) is 5.32 Å². The summed E-state index contributed by atoms with van der Waals surface area (Å²) in [6.45, 7) is 1.68. The van der Waals surface area contributed by atoms with Crippen molar-refractivity contribution in [3.8, 4) is 0 Å². The van der Waals surface area contributed by atoms with Crippen LogP contribution in [0.2, 0.25) is 5.02 Å². The minimum Gasteiger partial charge on any atom is -0.312 e. The number of rotatable bonds is 3. The summed E-state index contributed by atoms with van der Waals surface area (Å²) in [5.41, 5.74) is -0.827. The summed E-state index contributed by atoms with van der Waals surface area (Å²) in [5, 5.41) is 12.2. The summed E-state index contributed by atoms with van der Waals surface area (Å²) >= 11 is 5.75. The first-order valence-corrected chi connectivity index (χ1v) is 5.39. The van der Waals surface area contributed by atoms with Gasteiger partial charge in [0.15, 0.2) is 0 Å². The lowest BCUT2D eigenvalue weighted by atomic mass is 10.1. The number of nitrogens with one attached hydrogen (secondary N) is 1. The van der Waals surface area contributed by atoms with Gasteiger partial charge in [-0.25, -0.2) is 0 Å². The van der Waals surface area contributed by atoms with E-state index in [4.69, 9.17) is 11.6 Å². The van der Waals surface area contributed by atoms with Gasteiger partial charge in [-0.15, -0.1) is 0 Å². The fraction of sp³-hybridized carbons (Fsp3) is 0.300. The number of alkyl halides is 3. The molecule has 1 rings (SSSR count). The van der Waals surface area contributed by atoms with Crippen LogP contribution in [0.3, 0.4) is 0 Å². The van der Waals surface area contributed by atoms with Crippen molar-refractivity contribution in [1.29, 1.82) is 0 Å². The highest BCUT2D eigenvalue weighted by molar-refractivity contribution is 6.31. The Kier molecular flexibility index (Phi) is 4.35. The molecular weight excluding hydrogens is 289 g/mol. The van der Waals surface area contributed by atoms with Crippen molar-refractivity contribution in [2.75, 3.05) is 5.32 Å². The Balaban J connectivity index is 3.23. The number of anilines is 1. The molecule has 0 saturated heterocycles. The molecule has 5 nitrogen and oxygen atoms in total. The van der Waals surface area contributed by atoms with Crippen molar-refractivity contribution in [3.05, 3.63) is 32.8 Å². The van der Waals surface area contributed by atoms with E-state index >= 15 is 0 Å². The van der Waals surface area contributed by atoms with Gasteiger partial charge in [-0.3, -0.25) is 14.9 Å². The predicted molar refractivity (Wildman–Crippen MR) is 62.2 cm³/mol. The van der Waals surface area contributed by atoms with Crippen LogP contribution in [0.5, 0.6) is 0 Å². The third-order valence-corrected chi connectivity index (χ3v) is 2.60. The van der Waals surface area contributed by atoms with E-state index in [9.17, 15) is 28.1 Å². The molecule has 0 aromatic heterocycles. The molecule has 0 saturated carbocycles. The molecule has 0 aliphatic rings. The van der Waals surface area contributed by atoms with E-state index in [0.29, 0.717) is 12.0 Å². The second-order valence-electron chi connectivity index (χ2n) is 3.52. The Morgan fingerprint density at radius 1 is 1.47 bits per heavy atom. The number of hydrogen-bond donors (Lipinski definition) is 1. The quantitative estimate of drug-likeness (QED) is 0.687. The minimum absolute atomic E-state index is 0.0468. The first-order valence-electron chi connectivity index (χ1n) is 5.01. The normalized spacial score (nSPS) is 11.2. The molecule has 1 amide bonds. The fourth-order valence-electron chi connectivity index (χ4n) is 1.32. The smallest absolute Gasteiger partial charge is 0.312 e. The van der Waals surface area contributed by atoms with Crippen molar-refractivity contribution < 1.29 is 22.9 Å². The number of nitro benzene ring substituents is 1. The molecule has 0 bridgehead atoms. The highest BCUT2D eigenvalue weighted by Gasteiger charge is 2.39. The largest absolute Gasteiger partial charge is 0.471 e. The number of hydrogen-bond acceptors (Lipinski definition) is 3. The monoisotopic (exact) mass is 296 g/mol. The lowest BCUT2D eigenvalue weighted by molar-refractivity contribution is -0.384. The zero-order valence-electron chi connectivity index (χ0n) is 9.55. The van der Waals surface area contributed by atoms with E-state index in [0.717, 1.165) is 12.1 Å². The summed E-state index contributed by atoms with van der Waals surface area (Å²) in [5.74, 6) is -2.30. The van der Waals surface area contributed by atoms with Gasteiger partial charge in [-0.05, 0) is 18.1 Å². The molecule has 0 aliphatic carbocycles. The van der Waals surface area contributed by atoms with Crippen LogP contribution in [-0.2, 0) is 11.2 Å². The van der Waals surface area contributed by atoms with Crippen LogP contribution in [-0.4, -0.2) is 17.0 Å². The summed E-state index contributed by atoms with van der Waals surface area (Å²) in [6.07, 6.45) is -4.77. The lowest BCUT2D eigenvalue weighted by Gasteiger charge is -2.10. The first kappa shape index (κ1) is 15.2. The van der Waals surface area contributed by atoms with E-state index < -0.39 is 28.4 Å². The zero-order valence-corrected chi connectivity index (χ0v) is 10.3. The first-order chi connectivity index (χ1) is 8.66. The number of amides is 1. The summed E-state index contributed by atoms with van der Waals surface area (Å²) < 4.78 is 36.3. The van der Waals surface area contributed by atoms with Gasteiger partial charge in [0.05, 0.1) is 4.92 Å². The number of halogens is 4. The lowest BCUT2D eigenvalue weighted by Crippen LogP contribution is -2.30. The van der Waals surface area contributed by atoms with Gasteiger partial charge in [0, 0.05) is 11.1 Å². The van der Waals surface area contributed by atoms with Crippen LogP contribution < -0.4 is 5.32 Å². The molecule has 1 N–H and O–H groups in total. The van der Waals surface area contributed by atoms with Gasteiger partial charge in [-0.1, -0.05) is 18.5 Å². The van der Waals surface area contributed by atoms with Crippen molar-refractivity contribution in [2.45, 2.75) is 19.5 Å². The average Bonchev–Trinajstić information content (AvgIpc) is 2.27. The van der Waals surface area contributed by atoms with Gasteiger partial charge in [0.1, 0.15) is 5.69 Å². The number of carbonyl (C=O) groups is 1. The molecule has 1 aromatic carbocycles. The Morgan fingerprint density at radius 3 is 2.47 bits per heavy atom. The van der Waals surface area contributed by atoms with Crippen LogP contribution in [0.15, 0.2) is 12.1 Å². The van der Waals surface area contributed by atoms with E-state index in [1.54, 1.807) is 6.92 Å². The third-order valence-electron chi connectivity index (χ3n) is 2.25. The Labute approximate surface area is 110 Å². The third kappa shape index (κ3) is 3.57. The summed E-state index contributed by atoms with van der Waals surface area (Å²) in [7, 11) is 0. The molecule has 0 spiro atoms. The molecule has 0 aliphatic heterocycles. The maximum Gasteiger partial charge on any atom is 0.471 e. The molecule has 0 radical (unpaired) electrons. The SMILES string of the molecule is CCc1cc([N+](=O)[O-])c(NC(=O)C(F)(F)F)cc1Cl. The van der Waals surface area contributed by atoms with Crippen LogP contribution in [0.1, 0.15) is 12.5 Å². The molecule has 1 aromatic rings. The van der Waals surface area contributed by atoms with Crippen LogP contribution in [0, 0.1) is 10.1 Å². The van der Waals surface area contributed by atoms with Crippen molar-refractivity contribution in [3.63, 3.8) is 0 Å². The van der Waals surface area contributed by atoms with Crippen LogP contribution >= 0.6 is 11.6 Å². The number of benzene rings is 1. The Hall–Kier alpha value is -1.83. The molecule has 19 heavy (non-hydrogen) atoms. The Bertz CT molecular complexity index is 531. The maximum atomic E-state index is 12.1. The molecule has 0 atom stereocenters. The van der Waals surface area contributed by atoms with E-state index in [-0.39, 0.29) is 5.02 Å². The molecule has 0 fully saturated rings. The number of nitro groups is 1. The van der Waals surface area contributed by atoms with Gasteiger partial charge in [0.2, 0.25) is 0 Å². The predicted octanol–water partition coefficient (Wildman–Crippen LogP) is 3.31. The Morgan fingerprint density at radius 2 is 2.05 bits per heavy atom. The van der Waals surface area contributed by atoms with Crippen LogP contribution in [0.4, 0.5) is 24.5 Å². The van der Waals surface area contributed by atoms with Crippen molar-refractivity contribution >= 4 is 28.9 Å². The average molecular weight is 297 g/mol.